The molecule has 4 nitrogen and oxygen atoms in total. The van der Waals surface area contributed by atoms with Crippen molar-refractivity contribution in [1.82, 2.24) is 4.98 Å². The number of aromatic nitrogens is 1. The van der Waals surface area contributed by atoms with E-state index in [0.717, 1.165) is 34.2 Å². The Morgan fingerprint density at radius 3 is 2.62 bits per heavy atom. The van der Waals surface area contributed by atoms with Crippen LogP contribution in [0.15, 0.2) is 54.7 Å². The van der Waals surface area contributed by atoms with Gasteiger partial charge in [0.15, 0.2) is 0 Å². The Kier molecular flexibility index (Phi) is 4.34. The molecule has 0 saturated carbocycles. The van der Waals surface area contributed by atoms with Gasteiger partial charge in [0, 0.05) is 29.1 Å². The van der Waals surface area contributed by atoms with E-state index in [0.29, 0.717) is 5.82 Å². The van der Waals surface area contributed by atoms with Crippen molar-refractivity contribution in [2.24, 2.45) is 0 Å². The van der Waals surface area contributed by atoms with E-state index in [1.54, 1.807) is 6.20 Å². The van der Waals surface area contributed by atoms with Crippen LogP contribution in [-0.2, 0) is 6.42 Å². The number of hydrogen-bond acceptors (Lipinski definition) is 4. The van der Waals surface area contributed by atoms with Gasteiger partial charge in [0.1, 0.15) is 17.2 Å². The lowest BCUT2D eigenvalue weighted by Crippen LogP contribution is -2.31. The largest absolute Gasteiger partial charge is 0.487 e. The molecule has 1 aromatic heterocycles. The number of nitrogens with one attached hydrogen (secondary N) is 1. The van der Waals surface area contributed by atoms with E-state index in [-0.39, 0.29) is 0 Å². The van der Waals surface area contributed by atoms with Crippen LogP contribution >= 0.6 is 0 Å². The summed E-state index contributed by atoms with van der Waals surface area (Å²) in [5, 5.41) is 4.59. The summed E-state index contributed by atoms with van der Waals surface area (Å²) in [5.74, 6) is 1.47. The van der Waals surface area contributed by atoms with E-state index < -0.39 is 5.60 Å². The molecule has 0 aliphatic heterocycles. The Morgan fingerprint density at radius 1 is 1.12 bits per heavy atom. The lowest BCUT2D eigenvalue weighted by molar-refractivity contribution is 0.112. The van der Waals surface area contributed by atoms with E-state index in [1.165, 1.54) is 0 Å². The molecule has 3 N–H and O–H groups in total. The quantitative estimate of drug-likeness (QED) is 0.556. The number of hydrogen-bond donors (Lipinski definition) is 2. The van der Waals surface area contributed by atoms with Gasteiger partial charge in [-0.2, -0.15) is 0 Å². The molecule has 5 heteroatoms. The Bertz CT molecular complexity index is 864. The zero-order chi connectivity index (χ0) is 17.2. The lowest BCUT2D eigenvalue weighted by atomic mass is 9.98. The minimum Gasteiger partial charge on any atom is -0.487 e. The summed E-state index contributed by atoms with van der Waals surface area (Å²) in [5.41, 5.74) is 7.52. The number of nitrogen functional groups attached to an aromatic ring is 1. The van der Waals surface area contributed by atoms with Crippen molar-refractivity contribution < 1.29 is 4.74 Å². The standard InChI is InChI=1S/C19H20BN3O/c1-19(2,12-13-9-10-22-18(11-13)23-20)24-17-8-7-16(21)14-5-3-4-6-15(14)17/h3-11H,12,21H2,1-2H3,(H,22,23). The van der Waals surface area contributed by atoms with Crippen LogP contribution in [0.3, 0.4) is 0 Å². The van der Waals surface area contributed by atoms with Gasteiger partial charge in [-0.25, -0.2) is 4.98 Å². The maximum absolute atomic E-state index is 6.32. The molecule has 0 bridgehead atoms. The molecular weight excluding hydrogens is 297 g/mol. The molecule has 2 radical (unpaired) electrons. The van der Waals surface area contributed by atoms with Gasteiger partial charge in [-0.1, -0.05) is 24.3 Å². The van der Waals surface area contributed by atoms with Crippen LogP contribution in [0.1, 0.15) is 19.4 Å². The summed E-state index contributed by atoms with van der Waals surface area (Å²) in [6.45, 7) is 4.13. The molecular formula is C19H20BN3O. The van der Waals surface area contributed by atoms with E-state index in [1.807, 2.05) is 48.5 Å². The van der Waals surface area contributed by atoms with Crippen LogP contribution in [0.25, 0.3) is 10.8 Å². The van der Waals surface area contributed by atoms with Gasteiger partial charge >= 0.3 is 0 Å². The van der Waals surface area contributed by atoms with Crippen LogP contribution in [-0.4, -0.2) is 18.6 Å². The highest BCUT2D eigenvalue weighted by atomic mass is 16.5. The molecule has 120 valence electrons. The van der Waals surface area contributed by atoms with E-state index in [9.17, 15) is 0 Å². The Morgan fingerprint density at radius 2 is 1.88 bits per heavy atom. The fraction of sp³-hybridized carbons (Fsp3) is 0.211. The Labute approximate surface area is 143 Å². The summed E-state index contributed by atoms with van der Waals surface area (Å²) in [6, 6.07) is 15.7. The number of pyridine rings is 1. The SMILES string of the molecule is [B]Nc1cc(CC(C)(C)Oc2ccc(N)c3ccccc23)ccn1. The first-order valence-electron chi connectivity index (χ1n) is 7.86. The van der Waals surface area contributed by atoms with Gasteiger partial charge in [-0.05, 0) is 43.7 Å². The second kappa shape index (κ2) is 6.44. The van der Waals surface area contributed by atoms with E-state index in [2.05, 4.69) is 24.1 Å². The number of anilines is 2. The minimum absolute atomic E-state index is 0.397. The molecule has 0 fully saturated rings. The van der Waals surface area contributed by atoms with Gasteiger partial charge < -0.3 is 15.7 Å². The third-order valence-electron chi connectivity index (χ3n) is 3.91. The lowest BCUT2D eigenvalue weighted by Gasteiger charge is -2.28. The highest BCUT2D eigenvalue weighted by Crippen LogP contribution is 2.33. The van der Waals surface area contributed by atoms with E-state index >= 15 is 0 Å². The monoisotopic (exact) mass is 317 g/mol. The molecule has 2 aromatic carbocycles. The topological polar surface area (TPSA) is 60.2 Å². The molecule has 3 aromatic rings. The number of rotatable bonds is 5. The second-order valence-electron chi connectivity index (χ2n) is 6.43. The van der Waals surface area contributed by atoms with Crippen molar-refractivity contribution in [3.63, 3.8) is 0 Å². The normalized spacial score (nSPS) is 11.4. The van der Waals surface area contributed by atoms with Crippen LogP contribution < -0.4 is 15.7 Å². The summed E-state index contributed by atoms with van der Waals surface area (Å²) < 4.78 is 6.32. The first-order valence-corrected chi connectivity index (χ1v) is 7.86. The molecule has 0 aliphatic carbocycles. The Hall–Kier alpha value is -2.69. The number of nitrogens with zero attached hydrogens (tertiary/aromatic N) is 1. The second-order valence-corrected chi connectivity index (χ2v) is 6.43. The highest BCUT2D eigenvalue weighted by molar-refractivity contribution is 6.15. The number of nitrogens with two attached hydrogens (primary N) is 1. The molecule has 24 heavy (non-hydrogen) atoms. The third kappa shape index (κ3) is 3.45. The van der Waals surface area contributed by atoms with Gasteiger partial charge in [-0.3, -0.25) is 0 Å². The van der Waals surface area contributed by atoms with Crippen molar-refractivity contribution in [3.05, 3.63) is 60.3 Å². The molecule has 0 spiro atoms. The van der Waals surface area contributed by atoms with Crippen LogP contribution in [0.5, 0.6) is 5.75 Å². The number of benzene rings is 2. The van der Waals surface area contributed by atoms with Crippen molar-refractivity contribution >= 4 is 30.3 Å². The zero-order valence-corrected chi connectivity index (χ0v) is 13.9. The minimum atomic E-state index is -0.397. The van der Waals surface area contributed by atoms with Gasteiger partial charge in [0.05, 0.1) is 0 Å². The maximum atomic E-state index is 6.32. The first kappa shape index (κ1) is 16.2. The molecule has 0 amide bonds. The van der Waals surface area contributed by atoms with Gasteiger partial charge in [-0.15, -0.1) is 0 Å². The summed E-state index contributed by atoms with van der Waals surface area (Å²) in [4.78, 5) is 4.13. The average molecular weight is 317 g/mol. The predicted molar refractivity (Wildman–Crippen MR) is 100 cm³/mol. The maximum Gasteiger partial charge on any atom is 0.224 e. The molecule has 0 saturated heterocycles. The van der Waals surface area contributed by atoms with Crippen LogP contribution in [0.4, 0.5) is 11.5 Å². The molecule has 0 aliphatic rings. The average Bonchev–Trinajstić information content (AvgIpc) is 2.57. The molecule has 0 atom stereocenters. The van der Waals surface area contributed by atoms with Gasteiger partial charge in [0.25, 0.3) is 0 Å². The zero-order valence-electron chi connectivity index (χ0n) is 13.9. The highest BCUT2D eigenvalue weighted by Gasteiger charge is 2.22. The Balaban J connectivity index is 1.88. The first-order chi connectivity index (χ1) is 11.5. The number of ether oxygens (including phenoxy) is 1. The molecule has 3 rings (SSSR count). The van der Waals surface area contributed by atoms with Crippen molar-refractivity contribution in [2.75, 3.05) is 11.0 Å². The van der Waals surface area contributed by atoms with E-state index in [4.69, 9.17) is 18.5 Å². The molecule has 0 unspecified atom stereocenters. The van der Waals surface area contributed by atoms with Gasteiger partial charge in [0.2, 0.25) is 7.98 Å². The fourth-order valence-corrected chi connectivity index (χ4v) is 2.87. The van der Waals surface area contributed by atoms with Crippen LogP contribution in [0.2, 0.25) is 0 Å². The van der Waals surface area contributed by atoms with Crippen molar-refractivity contribution in [1.29, 1.82) is 0 Å². The third-order valence-corrected chi connectivity index (χ3v) is 3.91. The predicted octanol–water partition coefficient (Wildman–Crippen LogP) is 3.71. The summed E-state index contributed by atoms with van der Waals surface area (Å²) in [7, 11) is 5.43. The van der Waals surface area contributed by atoms with Crippen molar-refractivity contribution in [2.45, 2.75) is 25.9 Å². The smallest absolute Gasteiger partial charge is 0.224 e. The summed E-state index contributed by atoms with van der Waals surface area (Å²) >= 11 is 0. The molecule has 1 heterocycles. The number of fused-ring (bicyclic) bond motifs is 1. The fourth-order valence-electron chi connectivity index (χ4n) is 2.87. The van der Waals surface area contributed by atoms with Crippen molar-refractivity contribution in [3.8, 4) is 5.75 Å². The van der Waals surface area contributed by atoms with Crippen LogP contribution in [0, 0.1) is 0 Å². The summed E-state index contributed by atoms with van der Waals surface area (Å²) in [6.07, 6.45) is 2.46.